The molecule has 4 amide bonds. The summed E-state index contributed by atoms with van der Waals surface area (Å²) in [7, 11) is 0. The molecule has 10 nitrogen and oxygen atoms in total. The van der Waals surface area contributed by atoms with Crippen LogP contribution in [0.1, 0.15) is 23.7 Å². The van der Waals surface area contributed by atoms with Crippen molar-refractivity contribution < 1.29 is 28.7 Å². The van der Waals surface area contributed by atoms with Crippen LogP contribution < -0.4 is 21.3 Å². The lowest BCUT2D eigenvalue weighted by Gasteiger charge is -2.15. The van der Waals surface area contributed by atoms with E-state index in [-0.39, 0.29) is 29.7 Å². The lowest BCUT2D eigenvalue weighted by molar-refractivity contribution is -0.121. The third-order valence-electron chi connectivity index (χ3n) is 5.43. The molecule has 38 heavy (non-hydrogen) atoms. The standard InChI is InChI=1S/C27H24N4O6S/c1-16(32)29-19-7-9-20(10-8-19)30-24(33)15-37-27(36)17-5-11-21(12-6-17)31-25(34)14-23(26(31)35)38-22-4-2-3-18(28)13-22/h2-13,23H,14-15,28H2,1H3,(H,29,32)(H,30,33). The number of nitrogens with one attached hydrogen (secondary N) is 2. The highest BCUT2D eigenvalue weighted by molar-refractivity contribution is 8.00. The van der Waals surface area contributed by atoms with E-state index in [1.165, 1.54) is 43.0 Å². The Kier molecular flexibility index (Phi) is 8.07. The number of carbonyl (C=O) groups is 5. The predicted molar refractivity (Wildman–Crippen MR) is 144 cm³/mol. The molecule has 1 atom stereocenters. The number of nitrogens with two attached hydrogens (primary N) is 1. The van der Waals surface area contributed by atoms with Crippen LogP contribution >= 0.6 is 11.8 Å². The van der Waals surface area contributed by atoms with E-state index < -0.39 is 23.7 Å². The van der Waals surface area contributed by atoms with Crippen molar-refractivity contribution >= 4 is 64.1 Å². The number of carbonyl (C=O) groups excluding carboxylic acids is 5. The topological polar surface area (TPSA) is 148 Å². The molecule has 3 aromatic rings. The summed E-state index contributed by atoms with van der Waals surface area (Å²) in [5.41, 5.74) is 7.92. The number of benzene rings is 3. The van der Waals surface area contributed by atoms with Gasteiger partial charge in [0.1, 0.15) is 0 Å². The number of nitrogens with zero attached hydrogens (tertiary/aromatic N) is 1. The van der Waals surface area contributed by atoms with Crippen molar-refractivity contribution in [1.82, 2.24) is 0 Å². The average Bonchev–Trinajstić information content (AvgIpc) is 3.16. The smallest absolute Gasteiger partial charge is 0.338 e. The van der Waals surface area contributed by atoms with Gasteiger partial charge in [-0.15, -0.1) is 11.8 Å². The Bertz CT molecular complexity index is 1390. The van der Waals surface area contributed by atoms with Gasteiger partial charge in [-0.3, -0.25) is 19.2 Å². The fourth-order valence-electron chi connectivity index (χ4n) is 3.72. The summed E-state index contributed by atoms with van der Waals surface area (Å²) in [6, 6.07) is 19.4. The molecule has 1 heterocycles. The van der Waals surface area contributed by atoms with E-state index in [2.05, 4.69) is 10.6 Å². The van der Waals surface area contributed by atoms with Crippen LogP contribution in [0.5, 0.6) is 0 Å². The van der Waals surface area contributed by atoms with Crippen molar-refractivity contribution in [2.24, 2.45) is 0 Å². The number of anilines is 4. The Labute approximate surface area is 222 Å². The van der Waals surface area contributed by atoms with Gasteiger partial charge in [0.15, 0.2) is 6.61 Å². The van der Waals surface area contributed by atoms with Crippen molar-refractivity contribution in [3.8, 4) is 0 Å². The van der Waals surface area contributed by atoms with Gasteiger partial charge in [-0.05, 0) is 66.7 Å². The van der Waals surface area contributed by atoms with Gasteiger partial charge < -0.3 is 21.1 Å². The van der Waals surface area contributed by atoms with Gasteiger partial charge in [0.05, 0.1) is 16.5 Å². The van der Waals surface area contributed by atoms with Crippen LogP contribution in [0.4, 0.5) is 22.7 Å². The normalized spacial score (nSPS) is 14.8. The molecule has 0 aromatic heterocycles. The summed E-state index contributed by atoms with van der Waals surface area (Å²) in [6.45, 7) is 0.877. The summed E-state index contributed by atoms with van der Waals surface area (Å²) in [5.74, 6) is -2.17. The van der Waals surface area contributed by atoms with Crippen LogP contribution in [0.15, 0.2) is 77.7 Å². The lowest BCUT2D eigenvalue weighted by Crippen LogP contribution is -2.31. The fourth-order valence-corrected chi connectivity index (χ4v) is 4.84. The zero-order valence-corrected chi connectivity index (χ0v) is 21.1. The van der Waals surface area contributed by atoms with Gasteiger partial charge in [0, 0.05) is 35.3 Å². The van der Waals surface area contributed by atoms with E-state index in [0.29, 0.717) is 22.7 Å². The number of esters is 1. The Hall–Kier alpha value is -4.64. The van der Waals surface area contributed by atoms with Crippen molar-refractivity contribution in [3.63, 3.8) is 0 Å². The molecular formula is C27H24N4O6S. The molecule has 1 saturated heterocycles. The van der Waals surface area contributed by atoms with Crippen LogP contribution in [-0.4, -0.2) is 41.5 Å². The summed E-state index contributed by atoms with van der Waals surface area (Å²) in [5, 5.41) is 4.63. The molecule has 11 heteroatoms. The second-order valence-electron chi connectivity index (χ2n) is 8.38. The predicted octanol–water partition coefficient (Wildman–Crippen LogP) is 3.45. The first-order valence-corrected chi connectivity index (χ1v) is 12.4. The maximum absolute atomic E-state index is 12.9. The van der Waals surface area contributed by atoms with Gasteiger partial charge >= 0.3 is 5.97 Å². The number of imide groups is 1. The molecule has 0 saturated carbocycles. The second kappa shape index (κ2) is 11.6. The van der Waals surface area contributed by atoms with E-state index in [4.69, 9.17) is 10.5 Å². The Balaban J connectivity index is 1.30. The highest BCUT2D eigenvalue weighted by Crippen LogP contribution is 2.34. The maximum Gasteiger partial charge on any atom is 0.338 e. The van der Waals surface area contributed by atoms with Crippen molar-refractivity contribution in [1.29, 1.82) is 0 Å². The zero-order valence-electron chi connectivity index (χ0n) is 20.3. The molecule has 194 valence electrons. The molecule has 0 radical (unpaired) electrons. The largest absolute Gasteiger partial charge is 0.452 e. The third kappa shape index (κ3) is 6.56. The first-order valence-electron chi connectivity index (χ1n) is 11.5. The third-order valence-corrected chi connectivity index (χ3v) is 6.61. The van der Waals surface area contributed by atoms with Crippen molar-refractivity contribution in [3.05, 3.63) is 78.4 Å². The molecule has 1 aliphatic heterocycles. The number of ether oxygens (including phenoxy) is 1. The molecule has 1 fully saturated rings. The quantitative estimate of drug-likeness (QED) is 0.227. The van der Waals surface area contributed by atoms with Gasteiger partial charge in [-0.25, -0.2) is 9.69 Å². The first-order chi connectivity index (χ1) is 18.2. The number of rotatable bonds is 8. The molecule has 0 spiro atoms. The summed E-state index contributed by atoms with van der Waals surface area (Å²) in [6.07, 6.45) is 0.0488. The molecule has 0 aliphatic carbocycles. The van der Waals surface area contributed by atoms with Crippen LogP contribution in [0.2, 0.25) is 0 Å². The number of thioether (sulfide) groups is 1. The Morgan fingerprint density at radius 3 is 2.26 bits per heavy atom. The fraction of sp³-hybridized carbons (Fsp3) is 0.148. The van der Waals surface area contributed by atoms with E-state index >= 15 is 0 Å². The van der Waals surface area contributed by atoms with Gasteiger partial charge in [0.2, 0.25) is 17.7 Å². The van der Waals surface area contributed by atoms with E-state index in [9.17, 15) is 24.0 Å². The minimum atomic E-state index is -0.734. The molecule has 4 N–H and O–H groups in total. The van der Waals surface area contributed by atoms with Gasteiger partial charge in [-0.2, -0.15) is 0 Å². The van der Waals surface area contributed by atoms with E-state index in [1.807, 2.05) is 6.07 Å². The van der Waals surface area contributed by atoms with Gasteiger partial charge in [0.25, 0.3) is 5.91 Å². The monoisotopic (exact) mass is 532 g/mol. The molecule has 0 bridgehead atoms. The Morgan fingerprint density at radius 1 is 0.974 bits per heavy atom. The lowest BCUT2D eigenvalue weighted by atomic mass is 10.2. The van der Waals surface area contributed by atoms with Gasteiger partial charge in [-0.1, -0.05) is 6.07 Å². The molecule has 1 unspecified atom stereocenters. The maximum atomic E-state index is 12.9. The molecular weight excluding hydrogens is 508 g/mol. The number of hydrogen-bond acceptors (Lipinski definition) is 8. The summed E-state index contributed by atoms with van der Waals surface area (Å²) < 4.78 is 5.07. The minimum absolute atomic E-state index is 0.0488. The highest BCUT2D eigenvalue weighted by Gasteiger charge is 2.40. The van der Waals surface area contributed by atoms with Crippen LogP contribution in [0, 0.1) is 0 Å². The summed E-state index contributed by atoms with van der Waals surface area (Å²) in [4.78, 5) is 63.0. The SMILES string of the molecule is CC(=O)Nc1ccc(NC(=O)COC(=O)c2ccc(N3C(=O)CC(Sc4cccc(N)c4)C3=O)cc2)cc1. The van der Waals surface area contributed by atoms with E-state index in [0.717, 1.165) is 9.80 Å². The Morgan fingerprint density at radius 2 is 1.63 bits per heavy atom. The van der Waals surface area contributed by atoms with Crippen molar-refractivity contribution in [2.75, 3.05) is 27.9 Å². The molecule has 3 aromatic carbocycles. The van der Waals surface area contributed by atoms with E-state index in [1.54, 1.807) is 42.5 Å². The number of hydrogen-bond donors (Lipinski definition) is 3. The first kappa shape index (κ1) is 26.4. The van der Waals surface area contributed by atoms with Crippen LogP contribution in [0.25, 0.3) is 0 Å². The van der Waals surface area contributed by atoms with Crippen LogP contribution in [-0.2, 0) is 23.9 Å². The molecule has 1 aliphatic rings. The minimum Gasteiger partial charge on any atom is -0.452 e. The number of amides is 4. The zero-order chi connectivity index (χ0) is 27.2. The van der Waals surface area contributed by atoms with Crippen molar-refractivity contribution in [2.45, 2.75) is 23.5 Å². The molecule has 4 rings (SSSR count). The highest BCUT2D eigenvalue weighted by atomic mass is 32.2. The average molecular weight is 533 g/mol. The second-order valence-corrected chi connectivity index (χ2v) is 9.66. The number of nitrogen functional groups attached to an aromatic ring is 1. The van der Waals surface area contributed by atoms with Crippen LogP contribution in [0.3, 0.4) is 0 Å². The summed E-state index contributed by atoms with van der Waals surface area (Å²) >= 11 is 1.28.